The maximum atomic E-state index is 14.2. The fourth-order valence-electron chi connectivity index (χ4n) is 2.42. The Kier molecular flexibility index (Phi) is 4.46. The van der Waals surface area contributed by atoms with Gasteiger partial charge in [0.1, 0.15) is 24.0 Å². The van der Waals surface area contributed by atoms with Crippen molar-refractivity contribution in [3.63, 3.8) is 0 Å². The Balaban J connectivity index is 2.31. The number of rotatable bonds is 2. The van der Waals surface area contributed by atoms with E-state index in [0.717, 1.165) is 12.1 Å². The van der Waals surface area contributed by atoms with E-state index in [0.29, 0.717) is 27.0 Å². The highest BCUT2D eigenvalue weighted by atomic mass is 79.9. The lowest BCUT2D eigenvalue weighted by molar-refractivity contribution is -0.108. The smallest absolute Gasteiger partial charge is 0.144 e. The molecule has 1 unspecified atom stereocenters. The number of nitrogens with zero attached hydrogens (tertiary/aromatic N) is 1. The Bertz CT molecular complexity index is 806. The molecule has 1 atom stereocenters. The average Bonchev–Trinajstić information content (AvgIpc) is 2.71. The monoisotopic (exact) mass is 398 g/mol. The largest absolute Gasteiger partial charge is 0.373 e. The Labute approximate surface area is 144 Å². The molecule has 0 radical (unpaired) electrons. The van der Waals surface area contributed by atoms with Gasteiger partial charge in [-0.2, -0.15) is 0 Å². The van der Waals surface area contributed by atoms with Crippen LogP contribution in [0.15, 0.2) is 39.8 Å². The zero-order valence-electron chi connectivity index (χ0n) is 11.6. The van der Waals surface area contributed by atoms with Gasteiger partial charge in [-0.25, -0.2) is 8.78 Å². The molecule has 1 N–H and O–H groups in total. The van der Waals surface area contributed by atoms with Gasteiger partial charge in [-0.3, -0.25) is 4.99 Å². The van der Waals surface area contributed by atoms with Crippen LogP contribution in [0.3, 0.4) is 0 Å². The topological polar surface area (TPSA) is 41.5 Å². The van der Waals surface area contributed by atoms with Crippen molar-refractivity contribution in [3.8, 4) is 0 Å². The van der Waals surface area contributed by atoms with E-state index in [9.17, 15) is 13.6 Å². The minimum Gasteiger partial charge on any atom is -0.373 e. The number of carbonyl (C=O) groups excluding carboxylic acids is 1. The van der Waals surface area contributed by atoms with Crippen molar-refractivity contribution in [3.05, 3.63) is 62.6 Å². The van der Waals surface area contributed by atoms with E-state index >= 15 is 0 Å². The molecule has 0 amide bonds. The first-order valence-electron chi connectivity index (χ1n) is 6.72. The van der Waals surface area contributed by atoms with Crippen LogP contribution in [0.4, 0.5) is 14.5 Å². The number of nitrogens with one attached hydrogen (secondary N) is 1. The third kappa shape index (κ3) is 2.88. The van der Waals surface area contributed by atoms with Gasteiger partial charge >= 0.3 is 0 Å². The van der Waals surface area contributed by atoms with Gasteiger partial charge in [0.2, 0.25) is 0 Å². The third-order valence-electron chi connectivity index (χ3n) is 3.48. The van der Waals surface area contributed by atoms with E-state index in [2.05, 4.69) is 26.2 Å². The zero-order valence-corrected chi connectivity index (χ0v) is 14.0. The first-order chi connectivity index (χ1) is 11.0. The van der Waals surface area contributed by atoms with E-state index < -0.39 is 17.7 Å². The zero-order chi connectivity index (χ0) is 16.6. The predicted molar refractivity (Wildman–Crippen MR) is 89.5 cm³/mol. The number of fused-ring (bicyclic) bond motifs is 1. The van der Waals surface area contributed by atoms with Gasteiger partial charge in [0.15, 0.2) is 0 Å². The Morgan fingerprint density at radius 1 is 1.22 bits per heavy atom. The highest BCUT2D eigenvalue weighted by Crippen LogP contribution is 2.36. The Morgan fingerprint density at radius 3 is 2.57 bits per heavy atom. The van der Waals surface area contributed by atoms with E-state index in [1.54, 1.807) is 12.1 Å². The number of hydrogen-bond donors (Lipinski definition) is 1. The lowest BCUT2D eigenvalue weighted by Gasteiger charge is -2.15. The summed E-state index contributed by atoms with van der Waals surface area (Å²) in [6.45, 7) is 0.0609. The number of benzene rings is 2. The molecule has 7 heteroatoms. The quantitative estimate of drug-likeness (QED) is 0.769. The van der Waals surface area contributed by atoms with Crippen LogP contribution in [0.25, 0.3) is 0 Å². The van der Waals surface area contributed by atoms with Crippen molar-refractivity contribution in [2.24, 2.45) is 4.99 Å². The van der Waals surface area contributed by atoms with Crippen molar-refractivity contribution < 1.29 is 13.6 Å². The van der Waals surface area contributed by atoms with E-state index in [-0.39, 0.29) is 17.8 Å². The molecule has 1 heterocycles. The molecule has 0 saturated heterocycles. The average molecular weight is 400 g/mol. The molecule has 2 aromatic rings. The molecule has 23 heavy (non-hydrogen) atoms. The summed E-state index contributed by atoms with van der Waals surface area (Å²) in [5.74, 6) is -1.46. The fraction of sp³-hybridized carbons (Fsp3) is 0.125. The summed E-state index contributed by atoms with van der Waals surface area (Å²) in [6, 6.07) is 6.29. The molecule has 0 saturated carbocycles. The van der Waals surface area contributed by atoms with E-state index in [1.807, 2.05) is 0 Å². The molecule has 2 aromatic carbocycles. The molecular weight excluding hydrogens is 390 g/mol. The molecule has 0 fully saturated rings. The van der Waals surface area contributed by atoms with E-state index in [4.69, 9.17) is 11.6 Å². The Morgan fingerprint density at radius 2 is 1.91 bits per heavy atom. The summed E-state index contributed by atoms with van der Waals surface area (Å²) in [5, 5.41) is 3.37. The van der Waals surface area contributed by atoms with Crippen LogP contribution >= 0.6 is 27.5 Å². The van der Waals surface area contributed by atoms with Crippen molar-refractivity contribution in [2.75, 3.05) is 11.9 Å². The maximum Gasteiger partial charge on any atom is 0.144 e. The van der Waals surface area contributed by atoms with Crippen molar-refractivity contribution in [2.45, 2.75) is 6.04 Å². The molecule has 0 spiro atoms. The highest BCUT2D eigenvalue weighted by Gasteiger charge is 2.26. The number of benzodiazepines with no additional fused rings is 1. The number of anilines is 1. The molecule has 1 aliphatic heterocycles. The molecule has 3 nitrogen and oxygen atoms in total. The number of aldehydes is 1. The normalized spacial score (nSPS) is 16.9. The Hall–Kier alpha value is -1.79. The summed E-state index contributed by atoms with van der Waals surface area (Å²) >= 11 is 9.46. The summed E-state index contributed by atoms with van der Waals surface area (Å²) in [7, 11) is 0. The van der Waals surface area contributed by atoms with Gasteiger partial charge in [-0.15, -0.1) is 0 Å². The maximum absolute atomic E-state index is 14.2. The van der Waals surface area contributed by atoms with Gasteiger partial charge < -0.3 is 10.1 Å². The van der Waals surface area contributed by atoms with Crippen LogP contribution in [-0.4, -0.2) is 24.6 Å². The van der Waals surface area contributed by atoms with Crippen LogP contribution in [0.1, 0.15) is 11.1 Å². The lowest BCUT2D eigenvalue weighted by Crippen LogP contribution is -2.23. The molecule has 0 bridgehead atoms. The summed E-state index contributed by atoms with van der Waals surface area (Å²) in [5.41, 5.74) is 0.815. The van der Waals surface area contributed by atoms with Crippen LogP contribution in [0.2, 0.25) is 5.02 Å². The molecule has 0 aromatic heterocycles. The number of halogens is 4. The second kappa shape index (κ2) is 6.37. The summed E-state index contributed by atoms with van der Waals surface area (Å²) in [6.07, 6.45) is 0.705. The van der Waals surface area contributed by atoms with Crippen molar-refractivity contribution in [1.29, 1.82) is 0 Å². The second-order valence-corrected chi connectivity index (χ2v) is 6.16. The van der Waals surface area contributed by atoms with Crippen LogP contribution in [0.5, 0.6) is 0 Å². The molecule has 118 valence electrons. The fourth-order valence-corrected chi connectivity index (χ4v) is 3.11. The number of hydrogen-bond acceptors (Lipinski definition) is 3. The minimum absolute atomic E-state index is 0.0609. The van der Waals surface area contributed by atoms with Crippen LogP contribution < -0.4 is 5.32 Å². The van der Waals surface area contributed by atoms with Crippen molar-refractivity contribution in [1.82, 2.24) is 0 Å². The van der Waals surface area contributed by atoms with Gasteiger partial charge in [-0.05, 0) is 40.2 Å². The van der Waals surface area contributed by atoms with Gasteiger partial charge in [0, 0.05) is 15.7 Å². The van der Waals surface area contributed by atoms with Gasteiger partial charge in [-0.1, -0.05) is 17.7 Å². The number of aliphatic imine (C=N–C) groups is 1. The first-order valence-corrected chi connectivity index (χ1v) is 7.89. The molecule has 1 aliphatic rings. The van der Waals surface area contributed by atoms with Crippen molar-refractivity contribution >= 4 is 45.2 Å². The van der Waals surface area contributed by atoms with Gasteiger partial charge in [0.25, 0.3) is 0 Å². The summed E-state index contributed by atoms with van der Waals surface area (Å²) in [4.78, 5) is 15.4. The SMILES string of the molecule is O=CC1CN=C(c2c(F)cccc2F)c2c(ccc(Cl)c2Br)N1. The summed E-state index contributed by atoms with van der Waals surface area (Å²) < 4.78 is 28.9. The number of carbonyl (C=O) groups is 1. The lowest BCUT2D eigenvalue weighted by atomic mass is 9.99. The first kappa shape index (κ1) is 16.1. The molecule has 3 rings (SSSR count). The minimum atomic E-state index is -0.730. The van der Waals surface area contributed by atoms with Crippen LogP contribution in [0, 0.1) is 11.6 Å². The third-order valence-corrected chi connectivity index (χ3v) is 4.85. The van der Waals surface area contributed by atoms with Gasteiger partial charge in [0.05, 0.1) is 22.8 Å². The molecule has 0 aliphatic carbocycles. The second-order valence-electron chi connectivity index (χ2n) is 4.96. The van der Waals surface area contributed by atoms with E-state index in [1.165, 1.54) is 6.07 Å². The molecular formula is C16H10BrClF2N2O. The standard InChI is InChI=1S/C16H10BrClF2N2O/c17-15-9(18)4-5-12-14(15)16(21-6-8(7-23)22-12)13-10(19)2-1-3-11(13)20/h1-5,7-8,22H,6H2. The predicted octanol–water partition coefficient (Wildman–Crippen LogP) is 4.21. The highest BCUT2D eigenvalue weighted by molar-refractivity contribution is 9.10. The van der Waals surface area contributed by atoms with Crippen LogP contribution in [-0.2, 0) is 4.79 Å².